The fraction of sp³-hybridized carbons (Fsp3) is 0.375. The second kappa shape index (κ2) is 12.5. The number of rotatable bonds is 10. The first-order chi connectivity index (χ1) is 17.2. The third kappa shape index (κ3) is 7.31. The molecule has 0 spiro atoms. The zero-order valence-corrected chi connectivity index (χ0v) is 21.6. The molecule has 0 unspecified atom stereocenters. The summed E-state index contributed by atoms with van der Waals surface area (Å²) in [4.78, 5) is 63.0. The number of amides is 3. The summed E-state index contributed by atoms with van der Waals surface area (Å²) in [5.41, 5.74) is 1.66. The minimum atomic E-state index is -1.05. The smallest absolute Gasteiger partial charge is 0.341 e. The Hall–Kier alpha value is -3.38. The van der Waals surface area contributed by atoms with Crippen molar-refractivity contribution in [1.82, 2.24) is 4.90 Å². The average molecular weight is 534 g/mol. The van der Waals surface area contributed by atoms with E-state index in [9.17, 15) is 24.0 Å². The van der Waals surface area contributed by atoms with E-state index in [0.717, 1.165) is 15.3 Å². The van der Waals surface area contributed by atoms with Gasteiger partial charge in [-0.2, -0.15) is 0 Å². The van der Waals surface area contributed by atoms with Gasteiger partial charge in [-0.25, -0.2) is 4.79 Å². The van der Waals surface area contributed by atoms with E-state index < -0.39 is 17.8 Å². The molecule has 0 aliphatic carbocycles. The van der Waals surface area contributed by atoms with E-state index in [2.05, 4.69) is 10.6 Å². The molecule has 2 aromatic rings. The molecule has 3 amide bonds. The maximum absolute atomic E-state index is 12.7. The number of fused-ring (bicyclic) bond motifs is 1. The lowest BCUT2D eigenvalue weighted by molar-refractivity contribution is -0.138. The van der Waals surface area contributed by atoms with Gasteiger partial charge >= 0.3 is 11.9 Å². The van der Waals surface area contributed by atoms with Crippen LogP contribution in [-0.2, 0) is 36.9 Å². The summed E-state index contributed by atoms with van der Waals surface area (Å²) in [5, 5.41) is 14.6. The molecule has 10 nitrogen and oxygen atoms in total. The number of carbonyl (C=O) groups excluding carboxylic acids is 4. The second-order valence-corrected chi connectivity index (χ2v) is 10.1. The number of carboxylic acids is 1. The summed E-state index contributed by atoms with van der Waals surface area (Å²) in [5.74, 6) is -2.26. The molecule has 1 aromatic carbocycles. The van der Waals surface area contributed by atoms with Crippen molar-refractivity contribution in [2.24, 2.45) is 0 Å². The van der Waals surface area contributed by atoms with E-state index in [1.54, 1.807) is 36.1 Å². The first kappa shape index (κ1) is 27.2. The fourth-order valence-electron chi connectivity index (χ4n) is 3.60. The standard InChI is InChI=1S/C24H27N3O7S2/c1-3-34-24(33)22-17-9-10-27(14(2)28)12-18(17)36-23(22)26-20(30)13-35-16-6-4-5-15(11-16)25-19(29)7-8-21(31)32/h4-6,11H,3,7-10,12-13H2,1-2H3,(H,25,29)(H,26,30)(H,31,32). The molecule has 3 rings (SSSR count). The number of ether oxygens (including phenoxy) is 1. The highest BCUT2D eigenvalue weighted by molar-refractivity contribution is 8.00. The molecule has 1 aliphatic heterocycles. The maximum atomic E-state index is 12.7. The van der Waals surface area contributed by atoms with Crippen molar-refractivity contribution < 1.29 is 33.8 Å². The van der Waals surface area contributed by atoms with Crippen LogP contribution in [0.2, 0.25) is 0 Å². The van der Waals surface area contributed by atoms with Crippen molar-refractivity contribution in [2.45, 2.75) is 44.6 Å². The monoisotopic (exact) mass is 533 g/mol. The van der Waals surface area contributed by atoms with Gasteiger partial charge in [0.1, 0.15) is 5.00 Å². The topological polar surface area (TPSA) is 142 Å². The Morgan fingerprint density at radius 3 is 2.61 bits per heavy atom. The van der Waals surface area contributed by atoms with Crippen LogP contribution in [0, 0.1) is 0 Å². The van der Waals surface area contributed by atoms with Crippen molar-refractivity contribution in [3.63, 3.8) is 0 Å². The van der Waals surface area contributed by atoms with Gasteiger partial charge in [0.05, 0.1) is 30.9 Å². The summed E-state index contributed by atoms with van der Waals surface area (Å²) in [6, 6.07) is 6.88. The van der Waals surface area contributed by atoms with Gasteiger partial charge < -0.3 is 25.4 Å². The van der Waals surface area contributed by atoms with Crippen molar-refractivity contribution in [1.29, 1.82) is 0 Å². The lowest BCUT2D eigenvalue weighted by Gasteiger charge is -2.25. The fourth-order valence-corrected chi connectivity index (χ4v) is 5.62. The van der Waals surface area contributed by atoms with Crippen LogP contribution in [0.25, 0.3) is 0 Å². The summed E-state index contributed by atoms with van der Waals surface area (Å²) in [6.07, 6.45) is 0.120. The number of nitrogens with one attached hydrogen (secondary N) is 2. The molecule has 2 heterocycles. The number of anilines is 2. The van der Waals surface area contributed by atoms with Crippen LogP contribution in [0.5, 0.6) is 0 Å². The summed E-state index contributed by atoms with van der Waals surface area (Å²) >= 11 is 2.53. The summed E-state index contributed by atoms with van der Waals surface area (Å²) < 4.78 is 5.22. The predicted molar refractivity (Wildman–Crippen MR) is 136 cm³/mol. The zero-order valence-electron chi connectivity index (χ0n) is 19.9. The number of benzene rings is 1. The highest BCUT2D eigenvalue weighted by Crippen LogP contribution is 2.38. The van der Waals surface area contributed by atoms with E-state index in [0.29, 0.717) is 35.8 Å². The molecule has 36 heavy (non-hydrogen) atoms. The molecule has 0 fully saturated rings. The lowest BCUT2D eigenvalue weighted by Crippen LogP contribution is -2.34. The van der Waals surface area contributed by atoms with Crippen LogP contribution in [0.3, 0.4) is 0 Å². The Morgan fingerprint density at radius 2 is 1.92 bits per heavy atom. The molecule has 1 aromatic heterocycles. The van der Waals surface area contributed by atoms with Gasteiger partial charge in [0.25, 0.3) is 0 Å². The molecule has 0 atom stereocenters. The molecular formula is C24H27N3O7S2. The van der Waals surface area contributed by atoms with Gasteiger partial charge in [-0.3, -0.25) is 19.2 Å². The number of nitrogens with zero attached hydrogens (tertiary/aromatic N) is 1. The van der Waals surface area contributed by atoms with Crippen molar-refractivity contribution in [3.8, 4) is 0 Å². The molecular weight excluding hydrogens is 506 g/mol. The zero-order chi connectivity index (χ0) is 26.2. The number of carboxylic acid groups (broad SMARTS) is 1. The number of esters is 1. The maximum Gasteiger partial charge on any atom is 0.341 e. The van der Waals surface area contributed by atoms with Gasteiger partial charge in [-0.15, -0.1) is 23.1 Å². The quantitative estimate of drug-likeness (QED) is 0.312. The van der Waals surface area contributed by atoms with Gasteiger partial charge in [0.2, 0.25) is 17.7 Å². The van der Waals surface area contributed by atoms with Crippen molar-refractivity contribution >= 4 is 63.4 Å². The number of aliphatic carboxylic acids is 1. The molecule has 0 saturated heterocycles. The van der Waals surface area contributed by atoms with Gasteiger partial charge in [-0.1, -0.05) is 6.07 Å². The minimum Gasteiger partial charge on any atom is -0.481 e. The van der Waals surface area contributed by atoms with Gasteiger partial charge in [-0.05, 0) is 37.1 Å². The van der Waals surface area contributed by atoms with E-state index in [4.69, 9.17) is 9.84 Å². The van der Waals surface area contributed by atoms with E-state index in [1.165, 1.54) is 30.0 Å². The van der Waals surface area contributed by atoms with Crippen LogP contribution >= 0.6 is 23.1 Å². The predicted octanol–water partition coefficient (Wildman–Crippen LogP) is 3.36. The first-order valence-electron chi connectivity index (χ1n) is 11.3. The number of thioether (sulfide) groups is 1. The van der Waals surface area contributed by atoms with Crippen LogP contribution in [0.4, 0.5) is 10.7 Å². The lowest BCUT2D eigenvalue weighted by atomic mass is 10.0. The molecule has 1 aliphatic rings. The Balaban J connectivity index is 1.66. The van der Waals surface area contributed by atoms with Crippen LogP contribution < -0.4 is 10.6 Å². The van der Waals surface area contributed by atoms with E-state index in [-0.39, 0.29) is 37.0 Å². The highest BCUT2D eigenvalue weighted by atomic mass is 32.2. The molecule has 0 radical (unpaired) electrons. The Kier molecular flexibility index (Phi) is 9.48. The number of hydrogen-bond acceptors (Lipinski definition) is 8. The highest BCUT2D eigenvalue weighted by Gasteiger charge is 2.30. The van der Waals surface area contributed by atoms with Gasteiger partial charge in [0.15, 0.2) is 0 Å². The average Bonchev–Trinajstić information content (AvgIpc) is 3.18. The number of thiophene rings is 1. The number of carbonyl (C=O) groups is 5. The van der Waals surface area contributed by atoms with E-state index in [1.807, 2.05) is 0 Å². The largest absolute Gasteiger partial charge is 0.481 e. The Bertz CT molecular complexity index is 1180. The molecule has 0 bridgehead atoms. The van der Waals surface area contributed by atoms with Crippen LogP contribution in [0.15, 0.2) is 29.2 Å². The molecule has 0 saturated carbocycles. The summed E-state index contributed by atoms with van der Waals surface area (Å²) in [6.45, 7) is 4.30. The molecule has 3 N–H and O–H groups in total. The SMILES string of the molecule is CCOC(=O)c1c(NC(=O)CSc2cccc(NC(=O)CCC(=O)O)c2)sc2c1CCN(C(C)=O)C2. The van der Waals surface area contributed by atoms with Crippen LogP contribution in [-0.4, -0.2) is 58.6 Å². The van der Waals surface area contributed by atoms with Crippen LogP contribution in [0.1, 0.15) is 47.5 Å². The van der Waals surface area contributed by atoms with Crippen molar-refractivity contribution in [3.05, 3.63) is 40.3 Å². The second-order valence-electron chi connectivity index (χ2n) is 7.93. The van der Waals surface area contributed by atoms with Gasteiger partial charge in [0, 0.05) is 35.3 Å². The summed E-state index contributed by atoms with van der Waals surface area (Å²) in [7, 11) is 0. The van der Waals surface area contributed by atoms with Crippen molar-refractivity contribution in [2.75, 3.05) is 29.5 Å². The third-order valence-electron chi connectivity index (χ3n) is 5.29. The molecule has 12 heteroatoms. The minimum absolute atomic E-state index is 0.0472. The third-order valence-corrected chi connectivity index (χ3v) is 7.41. The number of hydrogen-bond donors (Lipinski definition) is 3. The van der Waals surface area contributed by atoms with E-state index >= 15 is 0 Å². The molecule has 192 valence electrons. The normalized spacial score (nSPS) is 12.4. The first-order valence-corrected chi connectivity index (χ1v) is 13.1. The Labute approximate surface area is 216 Å². The Morgan fingerprint density at radius 1 is 1.14 bits per heavy atom.